The summed E-state index contributed by atoms with van der Waals surface area (Å²) in [4.78, 5) is 9.94. The van der Waals surface area contributed by atoms with Crippen molar-refractivity contribution in [2.75, 3.05) is 13.1 Å². The zero-order valence-corrected chi connectivity index (χ0v) is 11.2. The number of nitro groups is 1. The summed E-state index contributed by atoms with van der Waals surface area (Å²) in [6.45, 7) is -0.285. The van der Waals surface area contributed by atoms with Crippen LogP contribution in [-0.4, -0.2) is 53.2 Å². The van der Waals surface area contributed by atoms with E-state index in [0.29, 0.717) is 5.56 Å². The maximum absolute atomic E-state index is 12.1. The predicted octanol–water partition coefficient (Wildman–Crippen LogP) is -0.538. The highest BCUT2D eigenvalue weighted by Gasteiger charge is 2.36. The first-order valence-corrected chi connectivity index (χ1v) is 7.48. The van der Waals surface area contributed by atoms with Gasteiger partial charge in [-0.1, -0.05) is 12.1 Å². The molecule has 1 aromatic carbocycles. The molecular weight excluding hydrogens is 288 g/mol. The minimum Gasteiger partial charge on any atom is -0.389 e. The van der Waals surface area contributed by atoms with E-state index in [4.69, 9.17) is 0 Å². The number of benzene rings is 1. The van der Waals surface area contributed by atoms with E-state index in [-0.39, 0.29) is 24.5 Å². The lowest BCUT2D eigenvalue weighted by molar-refractivity contribution is -0.384. The number of sulfonamides is 1. The molecule has 0 bridgehead atoms. The van der Waals surface area contributed by atoms with Gasteiger partial charge >= 0.3 is 0 Å². The normalized spacial score (nSPS) is 23.9. The van der Waals surface area contributed by atoms with Crippen molar-refractivity contribution in [2.24, 2.45) is 0 Å². The van der Waals surface area contributed by atoms with Crippen molar-refractivity contribution >= 4 is 15.7 Å². The third kappa shape index (κ3) is 3.12. The van der Waals surface area contributed by atoms with E-state index in [0.717, 1.165) is 4.31 Å². The highest BCUT2D eigenvalue weighted by molar-refractivity contribution is 7.88. The van der Waals surface area contributed by atoms with E-state index in [9.17, 15) is 28.7 Å². The first-order valence-electron chi connectivity index (χ1n) is 5.87. The molecule has 0 aliphatic carbocycles. The van der Waals surface area contributed by atoms with E-state index >= 15 is 0 Å². The van der Waals surface area contributed by atoms with Gasteiger partial charge in [0.25, 0.3) is 5.69 Å². The molecule has 1 aromatic rings. The number of nitrogens with zero attached hydrogens (tertiary/aromatic N) is 2. The topological polar surface area (TPSA) is 121 Å². The molecule has 2 atom stereocenters. The fraction of sp³-hybridized carbons (Fsp3) is 0.455. The largest absolute Gasteiger partial charge is 0.389 e. The Bertz CT molecular complexity index is 590. The van der Waals surface area contributed by atoms with Gasteiger partial charge in [0.05, 0.1) is 22.9 Å². The molecule has 0 saturated carbocycles. The van der Waals surface area contributed by atoms with E-state index in [2.05, 4.69) is 0 Å². The number of β-amino-alcohol motifs (C(OH)–C–C–N with tert-alkyl or cyclic N) is 2. The van der Waals surface area contributed by atoms with Crippen molar-refractivity contribution in [1.82, 2.24) is 4.31 Å². The van der Waals surface area contributed by atoms with Crippen molar-refractivity contribution in [1.29, 1.82) is 0 Å². The minimum absolute atomic E-state index is 0.113. The van der Waals surface area contributed by atoms with Crippen LogP contribution in [0.4, 0.5) is 5.69 Å². The van der Waals surface area contributed by atoms with Crippen molar-refractivity contribution < 1.29 is 23.6 Å². The zero-order valence-electron chi connectivity index (χ0n) is 10.4. The molecule has 2 rings (SSSR count). The van der Waals surface area contributed by atoms with Gasteiger partial charge in [-0.2, -0.15) is 4.31 Å². The average molecular weight is 302 g/mol. The van der Waals surface area contributed by atoms with Crippen molar-refractivity contribution in [3.8, 4) is 0 Å². The fourth-order valence-electron chi connectivity index (χ4n) is 1.98. The number of non-ortho nitro benzene ring substituents is 1. The Kier molecular flexibility index (Phi) is 4.04. The molecule has 1 aliphatic rings. The molecule has 0 unspecified atom stereocenters. The summed E-state index contributed by atoms with van der Waals surface area (Å²) < 4.78 is 25.2. The van der Waals surface area contributed by atoms with Gasteiger partial charge < -0.3 is 10.2 Å². The Balaban J connectivity index is 2.10. The van der Waals surface area contributed by atoms with Crippen LogP contribution in [0.2, 0.25) is 0 Å². The first-order chi connectivity index (χ1) is 9.29. The van der Waals surface area contributed by atoms with E-state index < -0.39 is 27.2 Å². The number of hydrogen-bond donors (Lipinski definition) is 2. The van der Waals surface area contributed by atoms with Crippen LogP contribution in [0, 0.1) is 10.1 Å². The molecule has 1 saturated heterocycles. The van der Waals surface area contributed by atoms with Gasteiger partial charge in [-0.05, 0) is 5.56 Å². The number of hydrogen-bond acceptors (Lipinski definition) is 6. The lowest BCUT2D eigenvalue weighted by atomic mass is 10.2. The molecule has 0 aromatic heterocycles. The van der Waals surface area contributed by atoms with Crippen molar-refractivity contribution in [2.45, 2.75) is 18.0 Å². The van der Waals surface area contributed by atoms with Crippen molar-refractivity contribution in [3.63, 3.8) is 0 Å². The molecule has 2 N–H and O–H groups in total. The van der Waals surface area contributed by atoms with Crippen LogP contribution < -0.4 is 0 Å². The van der Waals surface area contributed by atoms with Crippen LogP contribution in [0.15, 0.2) is 24.3 Å². The standard InChI is InChI=1S/C11H14N2O6S/c14-10-5-12(6-11(10)15)20(18,19)7-8-1-3-9(4-2-8)13(16)17/h1-4,10-11,14-15H,5-7H2/t10-,11+. The van der Waals surface area contributed by atoms with Gasteiger partial charge in [-0.25, -0.2) is 8.42 Å². The number of aliphatic hydroxyl groups is 2. The van der Waals surface area contributed by atoms with Crippen LogP contribution in [0.3, 0.4) is 0 Å². The molecule has 20 heavy (non-hydrogen) atoms. The monoisotopic (exact) mass is 302 g/mol. The summed E-state index contributed by atoms with van der Waals surface area (Å²) in [6, 6.07) is 5.22. The predicted molar refractivity (Wildman–Crippen MR) is 69.3 cm³/mol. The molecule has 0 radical (unpaired) electrons. The van der Waals surface area contributed by atoms with Crippen LogP contribution in [0.1, 0.15) is 5.56 Å². The third-order valence-electron chi connectivity index (χ3n) is 3.12. The number of aliphatic hydroxyl groups excluding tert-OH is 2. The maximum atomic E-state index is 12.1. The van der Waals surface area contributed by atoms with Crippen LogP contribution in [0.5, 0.6) is 0 Å². The van der Waals surface area contributed by atoms with E-state index in [1.165, 1.54) is 24.3 Å². The van der Waals surface area contributed by atoms with Gasteiger partial charge in [0.15, 0.2) is 0 Å². The molecular formula is C11H14N2O6S. The van der Waals surface area contributed by atoms with Gasteiger partial charge in [-0.3, -0.25) is 10.1 Å². The Hall–Kier alpha value is -1.55. The van der Waals surface area contributed by atoms with E-state index in [1.54, 1.807) is 0 Å². The van der Waals surface area contributed by atoms with Crippen LogP contribution in [-0.2, 0) is 15.8 Å². The fourth-order valence-corrected chi connectivity index (χ4v) is 3.53. The maximum Gasteiger partial charge on any atom is 0.269 e. The highest BCUT2D eigenvalue weighted by Crippen LogP contribution is 2.19. The second-order valence-corrected chi connectivity index (χ2v) is 6.60. The van der Waals surface area contributed by atoms with Gasteiger partial charge in [0.1, 0.15) is 0 Å². The molecule has 0 amide bonds. The molecule has 1 aliphatic heterocycles. The van der Waals surface area contributed by atoms with Crippen LogP contribution >= 0.6 is 0 Å². The Morgan fingerprint density at radius 3 is 2.15 bits per heavy atom. The van der Waals surface area contributed by atoms with Gasteiger partial charge in [0, 0.05) is 25.2 Å². The second kappa shape index (κ2) is 5.44. The summed E-state index contributed by atoms with van der Waals surface area (Å²) in [5.41, 5.74) is 0.296. The summed E-state index contributed by atoms with van der Waals surface area (Å²) >= 11 is 0. The molecule has 9 heteroatoms. The minimum atomic E-state index is -3.67. The zero-order chi connectivity index (χ0) is 14.9. The van der Waals surface area contributed by atoms with Gasteiger partial charge in [-0.15, -0.1) is 0 Å². The summed E-state index contributed by atoms with van der Waals surface area (Å²) in [5.74, 6) is -0.329. The lowest BCUT2D eigenvalue weighted by Gasteiger charge is -2.15. The number of rotatable bonds is 4. The summed E-state index contributed by atoms with van der Waals surface area (Å²) in [6.07, 6.45) is -2.16. The average Bonchev–Trinajstić information content (AvgIpc) is 2.71. The summed E-state index contributed by atoms with van der Waals surface area (Å²) in [7, 11) is -3.67. The second-order valence-electron chi connectivity index (χ2n) is 4.63. The third-order valence-corrected chi connectivity index (χ3v) is 4.90. The summed E-state index contributed by atoms with van der Waals surface area (Å²) in [5, 5.41) is 29.2. The SMILES string of the molecule is O=[N+]([O-])c1ccc(CS(=O)(=O)N2C[C@@H](O)[C@@H](O)C2)cc1. The molecule has 0 spiro atoms. The van der Waals surface area contributed by atoms with Gasteiger partial charge in [0.2, 0.25) is 10.0 Å². The molecule has 1 fully saturated rings. The Morgan fingerprint density at radius 2 is 1.70 bits per heavy atom. The molecule has 8 nitrogen and oxygen atoms in total. The Morgan fingerprint density at radius 1 is 1.20 bits per heavy atom. The quantitative estimate of drug-likeness (QED) is 0.569. The molecule has 1 heterocycles. The number of nitro benzene ring substituents is 1. The van der Waals surface area contributed by atoms with Crippen LogP contribution in [0.25, 0.3) is 0 Å². The Labute approximate surface area is 115 Å². The van der Waals surface area contributed by atoms with Crippen molar-refractivity contribution in [3.05, 3.63) is 39.9 Å². The van der Waals surface area contributed by atoms with E-state index in [1.807, 2.05) is 0 Å². The lowest BCUT2D eigenvalue weighted by Crippen LogP contribution is -2.31. The highest BCUT2D eigenvalue weighted by atomic mass is 32.2. The molecule has 110 valence electrons. The first kappa shape index (κ1) is 14.9. The smallest absolute Gasteiger partial charge is 0.269 e.